The summed E-state index contributed by atoms with van der Waals surface area (Å²) in [7, 11) is 4.07. The summed E-state index contributed by atoms with van der Waals surface area (Å²) in [5.74, 6) is -0.634. The smallest absolute Gasteiger partial charge is 0.272 e. The second-order valence-electron chi connectivity index (χ2n) is 8.17. The van der Waals surface area contributed by atoms with Crippen molar-refractivity contribution in [2.75, 3.05) is 19.4 Å². The normalized spacial score (nSPS) is 17.7. The number of nitrogens with zero attached hydrogens (tertiary/aromatic N) is 3. The molecule has 1 aliphatic rings. The summed E-state index contributed by atoms with van der Waals surface area (Å²) < 4.78 is 14.3. The molecule has 31 heavy (non-hydrogen) atoms. The third-order valence-corrected chi connectivity index (χ3v) is 5.72. The minimum absolute atomic E-state index is 0.173. The maximum atomic E-state index is 14.3. The van der Waals surface area contributed by atoms with Gasteiger partial charge in [0.15, 0.2) is 0 Å². The molecular formula is C24H22FN5O. The Hall–Kier alpha value is -3.58. The van der Waals surface area contributed by atoms with E-state index in [0.29, 0.717) is 16.5 Å². The third kappa shape index (κ3) is 3.47. The van der Waals surface area contributed by atoms with Gasteiger partial charge in [0.2, 0.25) is 0 Å². The van der Waals surface area contributed by atoms with Crippen LogP contribution in [-0.4, -0.2) is 34.2 Å². The van der Waals surface area contributed by atoms with Gasteiger partial charge in [0.05, 0.1) is 23.0 Å². The fraction of sp³-hybridized carbons (Fsp3) is 0.208. The van der Waals surface area contributed by atoms with Crippen LogP contribution in [0.4, 0.5) is 10.1 Å². The number of nitrogens with one attached hydrogen (secondary N) is 2. The van der Waals surface area contributed by atoms with Crippen LogP contribution >= 0.6 is 0 Å². The van der Waals surface area contributed by atoms with Crippen LogP contribution in [0, 0.1) is 5.82 Å². The Balaban J connectivity index is 1.72. The van der Waals surface area contributed by atoms with Gasteiger partial charge in [-0.1, -0.05) is 24.3 Å². The van der Waals surface area contributed by atoms with Gasteiger partial charge in [0.1, 0.15) is 5.82 Å². The van der Waals surface area contributed by atoms with Crippen molar-refractivity contribution < 1.29 is 4.39 Å². The van der Waals surface area contributed by atoms with Crippen LogP contribution in [0.2, 0.25) is 0 Å². The lowest BCUT2D eigenvalue weighted by atomic mass is 9.80. The second kappa shape index (κ2) is 7.59. The molecule has 0 bridgehead atoms. The van der Waals surface area contributed by atoms with Gasteiger partial charge in [-0.3, -0.25) is 9.78 Å². The quantitative estimate of drug-likeness (QED) is 0.530. The predicted octanol–water partition coefficient (Wildman–Crippen LogP) is 3.82. The lowest BCUT2D eigenvalue weighted by Crippen LogP contribution is -2.28. The van der Waals surface area contributed by atoms with Crippen LogP contribution in [0.15, 0.2) is 65.7 Å². The Labute approximate surface area is 178 Å². The zero-order valence-electron chi connectivity index (χ0n) is 17.3. The fourth-order valence-corrected chi connectivity index (χ4v) is 4.43. The molecule has 2 unspecified atom stereocenters. The number of aromatic nitrogens is 3. The van der Waals surface area contributed by atoms with Gasteiger partial charge >= 0.3 is 0 Å². The summed E-state index contributed by atoms with van der Waals surface area (Å²) in [4.78, 5) is 18.6. The van der Waals surface area contributed by atoms with Gasteiger partial charge in [-0.05, 0) is 55.1 Å². The molecule has 0 saturated heterocycles. The number of pyridine rings is 1. The summed E-state index contributed by atoms with van der Waals surface area (Å²) >= 11 is 0. The molecule has 5 rings (SSSR count). The number of halogens is 1. The summed E-state index contributed by atoms with van der Waals surface area (Å²) in [6.45, 7) is 0.847. The minimum atomic E-state index is -0.461. The highest BCUT2D eigenvalue weighted by molar-refractivity contribution is 5.97. The zero-order valence-corrected chi connectivity index (χ0v) is 17.3. The van der Waals surface area contributed by atoms with Crippen molar-refractivity contribution in [2.45, 2.75) is 18.5 Å². The van der Waals surface area contributed by atoms with Crippen molar-refractivity contribution >= 4 is 16.5 Å². The Morgan fingerprint density at radius 3 is 2.48 bits per heavy atom. The summed E-state index contributed by atoms with van der Waals surface area (Å²) in [6, 6.07) is 14.8. The standard InChI is InChI=1S/C24H22FN5O/c1-30(2)13-14-3-5-15(6-4-14)20-22(16-7-9-26-10-8-16)27-19-12-17(25)11-18-21(19)23(20)28-29-24(18)31/h3-12,20,22,27H,13H2,1-2H3,(H,29,31). The van der Waals surface area contributed by atoms with E-state index in [9.17, 15) is 9.18 Å². The average Bonchev–Trinajstić information content (AvgIpc) is 2.76. The summed E-state index contributed by atoms with van der Waals surface area (Å²) in [6.07, 6.45) is 3.48. The fourth-order valence-electron chi connectivity index (χ4n) is 4.43. The van der Waals surface area contributed by atoms with Crippen LogP contribution in [0.1, 0.15) is 34.3 Å². The molecule has 2 aromatic carbocycles. The minimum Gasteiger partial charge on any atom is -0.377 e. The SMILES string of the molecule is CN(C)Cc1ccc(C2c3n[nH]c(=O)c4cc(F)cc(c34)NC2c2ccncc2)cc1. The van der Waals surface area contributed by atoms with E-state index in [4.69, 9.17) is 0 Å². The van der Waals surface area contributed by atoms with Crippen molar-refractivity contribution in [1.82, 2.24) is 20.1 Å². The monoisotopic (exact) mass is 415 g/mol. The first-order valence-corrected chi connectivity index (χ1v) is 10.1. The number of rotatable bonds is 4. The molecule has 0 spiro atoms. The molecule has 0 saturated carbocycles. The van der Waals surface area contributed by atoms with Crippen LogP contribution in [0.5, 0.6) is 0 Å². The summed E-state index contributed by atoms with van der Waals surface area (Å²) in [5.41, 5.74) is 4.18. The first-order valence-electron chi connectivity index (χ1n) is 10.1. The van der Waals surface area contributed by atoms with Gasteiger partial charge in [0.25, 0.3) is 5.56 Å². The lowest BCUT2D eigenvalue weighted by Gasteiger charge is -2.34. The highest BCUT2D eigenvalue weighted by Gasteiger charge is 2.35. The van der Waals surface area contributed by atoms with E-state index in [-0.39, 0.29) is 12.0 Å². The van der Waals surface area contributed by atoms with E-state index < -0.39 is 11.4 Å². The van der Waals surface area contributed by atoms with Crippen molar-refractivity contribution in [1.29, 1.82) is 0 Å². The van der Waals surface area contributed by atoms with Crippen molar-refractivity contribution in [3.8, 4) is 0 Å². The zero-order chi connectivity index (χ0) is 21.5. The first-order chi connectivity index (χ1) is 15.0. The van der Waals surface area contributed by atoms with Gasteiger partial charge in [-0.15, -0.1) is 0 Å². The molecular weight excluding hydrogens is 393 g/mol. The molecule has 2 atom stereocenters. The van der Waals surface area contributed by atoms with E-state index in [1.165, 1.54) is 17.7 Å². The largest absolute Gasteiger partial charge is 0.377 e. The average molecular weight is 415 g/mol. The molecule has 4 aromatic rings. The van der Waals surface area contributed by atoms with Crippen LogP contribution in [0.3, 0.4) is 0 Å². The number of H-pyrrole nitrogens is 1. The molecule has 0 aliphatic carbocycles. The highest BCUT2D eigenvalue weighted by atomic mass is 19.1. The highest BCUT2D eigenvalue weighted by Crippen LogP contribution is 2.46. The Morgan fingerprint density at radius 1 is 1.03 bits per heavy atom. The summed E-state index contributed by atoms with van der Waals surface area (Å²) in [5, 5.41) is 11.5. The lowest BCUT2D eigenvalue weighted by molar-refractivity contribution is 0.402. The van der Waals surface area contributed by atoms with Gasteiger partial charge in [0, 0.05) is 30.0 Å². The molecule has 3 heterocycles. The Morgan fingerprint density at radius 2 is 1.77 bits per heavy atom. The molecule has 6 nitrogen and oxygen atoms in total. The molecule has 1 aliphatic heterocycles. The number of anilines is 1. The topological polar surface area (TPSA) is 73.9 Å². The van der Waals surface area contributed by atoms with E-state index in [1.54, 1.807) is 12.4 Å². The molecule has 156 valence electrons. The number of benzene rings is 2. The van der Waals surface area contributed by atoms with E-state index in [2.05, 4.69) is 49.7 Å². The van der Waals surface area contributed by atoms with Crippen molar-refractivity contribution in [2.24, 2.45) is 0 Å². The maximum absolute atomic E-state index is 14.3. The van der Waals surface area contributed by atoms with Crippen LogP contribution < -0.4 is 10.9 Å². The van der Waals surface area contributed by atoms with Gasteiger partial charge < -0.3 is 10.2 Å². The van der Waals surface area contributed by atoms with Gasteiger partial charge in [-0.25, -0.2) is 9.49 Å². The Kier molecular flexibility index (Phi) is 4.75. The number of hydrogen-bond donors (Lipinski definition) is 2. The van der Waals surface area contributed by atoms with E-state index in [1.807, 2.05) is 26.2 Å². The molecule has 0 fully saturated rings. The molecule has 2 N–H and O–H groups in total. The molecule has 0 amide bonds. The number of hydrogen-bond acceptors (Lipinski definition) is 5. The molecule has 2 aromatic heterocycles. The van der Waals surface area contributed by atoms with Crippen molar-refractivity contribution in [3.05, 3.63) is 99.5 Å². The first kappa shape index (κ1) is 19.4. The predicted molar refractivity (Wildman–Crippen MR) is 119 cm³/mol. The van der Waals surface area contributed by atoms with Crippen molar-refractivity contribution in [3.63, 3.8) is 0 Å². The molecule has 7 heteroatoms. The molecule has 0 radical (unpaired) electrons. The van der Waals surface area contributed by atoms with E-state index in [0.717, 1.165) is 23.4 Å². The maximum Gasteiger partial charge on any atom is 0.272 e. The van der Waals surface area contributed by atoms with Crippen LogP contribution in [0.25, 0.3) is 10.8 Å². The third-order valence-electron chi connectivity index (χ3n) is 5.72. The van der Waals surface area contributed by atoms with E-state index >= 15 is 0 Å². The Bertz CT molecular complexity index is 1300. The van der Waals surface area contributed by atoms with Gasteiger partial charge in [-0.2, -0.15) is 5.10 Å². The second-order valence-corrected chi connectivity index (χ2v) is 8.17. The number of aromatic amines is 1. The van der Waals surface area contributed by atoms with Crippen LogP contribution in [-0.2, 0) is 6.54 Å².